The van der Waals surface area contributed by atoms with Crippen LogP contribution in [0.2, 0.25) is 0 Å². The third kappa shape index (κ3) is 10.8. The molecule has 0 fully saturated rings. The molecule has 0 saturated carbocycles. The van der Waals surface area contributed by atoms with E-state index in [-0.39, 0.29) is 0 Å². The van der Waals surface area contributed by atoms with Gasteiger partial charge in [0.25, 0.3) is 0 Å². The number of rotatable bonds is 6. The molecule has 1 N–H and O–H groups in total. The lowest BCUT2D eigenvalue weighted by Crippen LogP contribution is -1.92. The number of nitrogens with zero attached hydrogens (tertiary/aromatic N) is 4. The fourth-order valence-electron chi connectivity index (χ4n) is 5.74. The van der Waals surface area contributed by atoms with E-state index in [4.69, 9.17) is 4.74 Å². The first-order valence-corrected chi connectivity index (χ1v) is 18.6. The number of aryl methyl sites for hydroxylation is 4. The van der Waals surface area contributed by atoms with Crippen LogP contribution in [0.25, 0.3) is 45.0 Å². The second kappa shape index (κ2) is 18.5. The normalized spacial score (nSPS) is 10.3. The predicted molar refractivity (Wildman–Crippen MR) is 227 cm³/mol. The Kier molecular flexibility index (Phi) is 12.9. The van der Waals surface area contributed by atoms with Crippen LogP contribution in [-0.2, 0) is 0 Å². The van der Waals surface area contributed by atoms with Crippen LogP contribution in [0.1, 0.15) is 22.3 Å². The summed E-state index contributed by atoms with van der Waals surface area (Å²) < 4.78 is 7.35. The summed E-state index contributed by atoms with van der Waals surface area (Å²) >= 11 is 3.48. The van der Waals surface area contributed by atoms with Gasteiger partial charge in [-0.1, -0.05) is 64.5 Å². The van der Waals surface area contributed by atoms with Gasteiger partial charge in [-0.2, -0.15) is 0 Å². The van der Waals surface area contributed by atoms with Crippen LogP contribution < -0.4 is 4.74 Å². The minimum atomic E-state index is 0.313. The molecule has 4 aromatic heterocycles. The van der Waals surface area contributed by atoms with Crippen LogP contribution in [0.5, 0.6) is 17.2 Å². The summed E-state index contributed by atoms with van der Waals surface area (Å²) in [5.74, 6) is 1.95. The molecular formula is C48H41BrN4O2. The topological polar surface area (TPSA) is 81.0 Å². The molecule has 0 aliphatic heterocycles. The number of phenols is 1. The molecule has 55 heavy (non-hydrogen) atoms. The van der Waals surface area contributed by atoms with E-state index < -0.39 is 0 Å². The first-order valence-electron chi connectivity index (χ1n) is 17.8. The zero-order chi connectivity index (χ0) is 38.6. The highest BCUT2D eigenvalue weighted by molar-refractivity contribution is 9.10. The van der Waals surface area contributed by atoms with Crippen molar-refractivity contribution in [1.29, 1.82) is 0 Å². The molecule has 4 heterocycles. The number of hydrogen-bond acceptors (Lipinski definition) is 6. The van der Waals surface area contributed by atoms with Gasteiger partial charge in [0.2, 0.25) is 0 Å². The molecule has 272 valence electrons. The number of phenolic OH excluding ortho intramolecular Hbond substituents is 1. The standard InChI is InChI=1S/C24H20N2O.C12H10BrN.C12H11NO/c1-17-13-20(23-8-4-6-12-26-23)15-21(14-17)27-24-16-19(10-9-18(24)2)22-7-3-5-11-25-22;1-9-6-10(8-11(13)7-9)12-4-2-3-5-14-12;1-9-5-6-10(8-12(9)14)11-4-2-3-7-13-11/h3-16H,1-2H3;2-8H,1H3;2-8,14H,1H3. The van der Waals surface area contributed by atoms with Gasteiger partial charge >= 0.3 is 0 Å². The van der Waals surface area contributed by atoms with Crippen LogP contribution in [0.4, 0.5) is 0 Å². The number of benzene rings is 4. The second-order valence-corrected chi connectivity index (χ2v) is 13.9. The van der Waals surface area contributed by atoms with Gasteiger partial charge < -0.3 is 9.84 Å². The molecule has 0 amide bonds. The van der Waals surface area contributed by atoms with Gasteiger partial charge in [-0.15, -0.1) is 0 Å². The SMILES string of the molecule is Cc1cc(Br)cc(-c2ccccn2)c1.Cc1cc(Oc2cc(-c3ccccn3)ccc2C)cc(-c2ccccn2)c1.Cc1ccc(-c2ccccn2)cc1O. The highest BCUT2D eigenvalue weighted by Crippen LogP contribution is 2.33. The molecule has 0 aliphatic carbocycles. The Morgan fingerprint density at radius 2 is 0.891 bits per heavy atom. The monoisotopic (exact) mass is 784 g/mol. The van der Waals surface area contributed by atoms with E-state index in [1.807, 2.05) is 123 Å². The molecule has 8 rings (SSSR count). The van der Waals surface area contributed by atoms with E-state index >= 15 is 0 Å². The molecule has 4 aromatic carbocycles. The van der Waals surface area contributed by atoms with E-state index in [0.29, 0.717) is 5.75 Å². The lowest BCUT2D eigenvalue weighted by Gasteiger charge is -2.13. The molecule has 0 unspecified atom stereocenters. The summed E-state index contributed by atoms with van der Waals surface area (Å²) in [6, 6.07) is 47.7. The molecule has 8 aromatic rings. The van der Waals surface area contributed by atoms with Crippen molar-refractivity contribution in [2.45, 2.75) is 27.7 Å². The molecule has 0 aliphatic rings. The van der Waals surface area contributed by atoms with Crippen molar-refractivity contribution in [2.75, 3.05) is 0 Å². The van der Waals surface area contributed by atoms with Gasteiger partial charge in [0, 0.05) is 51.5 Å². The Morgan fingerprint density at radius 3 is 1.36 bits per heavy atom. The van der Waals surface area contributed by atoms with Crippen LogP contribution >= 0.6 is 15.9 Å². The van der Waals surface area contributed by atoms with E-state index in [2.05, 4.69) is 86.1 Å². The molecule has 7 heteroatoms. The van der Waals surface area contributed by atoms with Crippen molar-refractivity contribution in [1.82, 2.24) is 19.9 Å². The number of halogens is 1. The Hall–Kier alpha value is -6.44. The summed E-state index contributed by atoms with van der Waals surface area (Å²) in [5, 5.41) is 9.53. The number of ether oxygens (including phenoxy) is 1. The first kappa shape index (κ1) is 38.3. The molecule has 6 nitrogen and oxygen atoms in total. The molecule has 0 saturated heterocycles. The van der Waals surface area contributed by atoms with Gasteiger partial charge in [0.15, 0.2) is 0 Å². The van der Waals surface area contributed by atoms with Crippen LogP contribution in [0.3, 0.4) is 0 Å². The first-order chi connectivity index (χ1) is 26.7. The third-order valence-electron chi connectivity index (χ3n) is 8.56. The zero-order valence-electron chi connectivity index (χ0n) is 31.2. The Labute approximate surface area is 331 Å². The smallest absolute Gasteiger partial charge is 0.131 e. The van der Waals surface area contributed by atoms with Crippen molar-refractivity contribution in [3.05, 3.63) is 197 Å². The fourth-order valence-corrected chi connectivity index (χ4v) is 6.35. The lowest BCUT2D eigenvalue weighted by molar-refractivity contribution is 0.471. The molecule has 0 atom stereocenters. The van der Waals surface area contributed by atoms with Crippen molar-refractivity contribution < 1.29 is 9.84 Å². The van der Waals surface area contributed by atoms with Crippen LogP contribution in [0, 0.1) is 27.7 Å². The van der Waals surface area contributed by atoms with E-state index in [0.717, 1.165) is 77.7 Å². The lowest BCUT2D eigenvalue weighted by atomic mass is 10.1. The van der Waals surface area contributed by atoms with Gasteiger partial charge in [0.05, 0.1) is 22.8 Å². The Bertz CT molecular complexity index is 2440. The largest absolute Gasteiger partial charge is 0.508 e. The Balaban J connectivity index is 0.000000155. The molecule has 0 radical (unpaired) electrons. The summed E-state index contributed by atoms with van der Waals surface area (Å²) in [6.45, 7) is 8.07. The van der Waals surface area contributed by atoms with E-state index in [1.165, 1.54) is 5.56 Å². The van der Waals surface area contributed by atoms with Gasteiger partial charge in [-0.05, 0) is 147 Å². The predicted octanol–water partition coefficient (Wildman–Crippen LogP) is 12.8. The van der Waals surface area contributed by atoms with Crippen molar-refractivity contribution in [2.24, 2.45) is 0 Å². The van der Waals surface area contributed by atoms with Crippen molar-refractivity contribution in [3.63, 3.8) is 0 Å². The van der Waals surface area contributed by atoms with Crippen molar-refractivity contribution >= 4 is 15.9 Å². The highest BCUT2D eigenvalue weighted by atomic mass is 79.9. The Morgan fingerprint density at radius 1 is 0.436 bits per heavy atom. The zero-order valence-corrected chi connectivity index (χ0v) is 32.8. The number of hydrogen-bond donors (Lipinski definition) is 1. The van der Waals surface area contributed by atoms with Gasteiger partial charge in [-0.25, -0.2) is 0 Å². The van der Waals surface area contributed by atoms with Crippen LogP contribution in [-0.4, -0.2) is 25.0 Å². The quantitative estimate of drug-likeness (QED) is 0.181. The molecule has 0 bridgehead atoms. The minimum Gasteiger partial charge on any atom is -0.508 e. The second-order valence-electron chi connectivity index (χ2n) is 13.0. The minimum absolute atomic E-state index is 0.313. The number of aromatic hydroxyl groups is 1. The maximum atomic E-state index is 9.53. The maximum absolute atomic E-state index is 9.53. The van der Waals surface area contributed by atoms with Crippen LogP contribution in [0.15, 0.2) is 175 Å². The fraction of sp³-hybridized carbons (Fsp3) is 0.0833. The summed E-state index contributed by atoms with van der Waals surface area (Å²) in [5.41, 5.74) is 12.3. The average Bonchev–Trinajstić information content (AvgIpc) is 3.21. The molecule has 0 spiro atoms. The highest BCUT2D eigenvalue weighted by Gasteiger charge is 2.09. The number of aromatic nitrogens is 4. The van der Waals surface area contributed by atoms with Crippen molar-refractivity contribution in [3.8, 4) is 62.3 Å². The summed E-state index contributed by atoms with van der Waals surface area (Å²) in [6.07, 6.45) is 7.16. The number of pyridine rings is 4. The third-order valence-corrected chi connectivity index (χ3v) is 9.02. The molecular weight excluding hydrogens is 744 g/mol. The summed E-state index contributed by atoms with van der Waals surface area (Å²) in [4.78, 5) is 17.4. The maximum Gasteiger partial charge on any atom is 0.131 e. The average molecular weight is 786 g/mol. The van der Waals surface area contributed by atoms with Gasteiger partial charge in [-0.3, -0.25) is 19.9 Å². The summed E-state index contributed by atoms with van der Waals surface area (Å²) in [7, 11) is 0. The van der Waals surface area contributed by atoms with Gasteiger partial charge in [0.1, 0.15) is 17.2 Å². The van der Waals surface area contributed by atoms with E-state index in [9.17, 15) is 5.11 Å². The van der Waals surface area contributed by atoms with E-state index in [1.54, 1.807) is 24.7 Å².